The summed E-state index contributed by atoms with van der Waals surface area (Å²) in [5.41, 5.74) is 4.55. The molecular formula is C24H27F3N2O6. The molecule has 190 valence electrons. The highest BCUT2D eigenvalue weighted by atomic mass is 19.4. The molecule has 0 fully saturated rings. The molecule has 0 bridgehead atoms. The molecule has 1 amide bonds. The van der Waals surface area contributed by atoms with E-state index >= 15 is 0 Å². The van der Waals surface area contributed by atoms with Crippen LogP contribution >= 0.6 is 0 Å². The van der Waals surface area contributed by atoms with Crippen LogP contribution in [-0.4, -0.2) is 74.1 Å². The second-order valence-corrected chi connectivity index (χ2v) is 8.95. The van der Waals surface area contributed by atoms with E-state index < -0.39 is 30.2 Å². The zero-order valence-corrected chi connectivity index (χ0v) is 19.5. The Kier molecular flexibility index (Phi) is 8.86. The number of halogens is 3. The highest BCUT2D eigenvalue weighted by molar-refractivity contribution is 5.81. The molecule has 11 heteroatoms. The smallest absolute Gasteiger partial charge is 0.430 e. The third kappa shape index (κ3) is 7.99. The number of rotatable bonds is 7. The Hall–Kier alpha value is -3.60. The molecule has 3 rings (SSSR count). The lowest BCUT2D eigenvalue weighted by Crippen LogP contribution is -2.45. The van der Waals surface area contributed by atoms with Gasteiger partial charge in [-0.25, -0.2) is 9.59 Å². The van der Waals surface area contributed by atoms with Gasteiger partial charge in [-0.1, -0.05) is 48.5 Å². The lowest BCUT2D eigenvalue weighted by atomic mass is 9.98. The molecule has 1 aliphatic carbocycles. The van der Waals surface area contributed by atoms with E-state index in [0.29, 0.717) is 17.4 Å². The topological polar surface area (TPSA) is 116 Å². The van der Waals surface area contributed by atoms with Crippen molar-refractivity contribution in [2.75, 3.05) is 34.3 Å². The van der Waals surface area contributed by atoms with Gasteiger partial charge in [-0.15, -0.1) is 0 Å². The Labute approximate surface area is 200 Å². The maximum atomic E-state index is 12.3. The van der Waals surface area contributed by atoms with E-state index in [4.69, 9.17) is 14.6 Å². The standard InChI is InChI=1S/C22H26N2O4.C2HF3O2/c1-24(2,3)13-12-20(21(25)26)23-22(27)28-14-19-17-10-6-4-8-15(17)16-9-5-7-11-18(16)19;3-2(4,5)1(6)7/h4-11,19-20H,12-14H2,1-3H3,(H-,23,25,26,27);(H,6,7)/t20-;/m1./s1. The van der Waals surface area contributed by atoms with E-state index in [9.17, 15) is 27.9 Å². The number of fused-ring (bicyclic) bond motifs is 3. The van der Waals surface area contributed by atoms with Crippen LogP contribution in [-0.2, 0) is 14.3 Å². The second-order valence-electron chi connectivity index (χ2n) is 8.95. The quantitative estimate of drug-likeness (QED) is 0.569. The monoisotopic (exact) mass is 496 g/mol. The van der Waals surface area contributed by atoms with Crippen molar-refractivity contribution >= 4 is 18.0 Å². The van der Waals surface area contributed by atoms with Crippen molar-refractivity contribution in [3.8, 4) is 11.1 Å². The molecule has 2 aromatic rings. The van der Waals surface area contributed by atoms with Crippen molar-refractivity contribution in [1.82, 2.24) is 5.32 Å². The number of ether oxygens (including phenoxy) is 1. The summed E-state index contributed by atoms with van der Waals surface area (Å²) in [6, 6.07) is 15.2. The first kappa shape index (κ1) is 27.6. The maximum absolute atomic E-state index is 12.3. The van der Waals surface area contributed by atoms with Crippen LogP contribution in [0.2, 0.25) is 0 Å². The van der Waals surface area contributed by atoms with Crippen LogP contribution in [0.25, 0.3) is 11.1 Å². The van der Waals surface area contributed by atoms with Crippen LogP contribution in [0.3, 0.4) is 0 Å². The summed E-state index contributed by atoms with van der Waals surface area (Å²) in [4.78, 5) is 32.5. The summed E-state index contributed by atoms with van der Waals surface area (Å²) < 4.78 is 37.6. The molecule has 0 unspecified atom stereocenters. The fourth-order valence-electron chi connectivity index (χ4n) is 3.56. The first-order valence-corrected chi connectivity index (χ1v) is 10.6. The number of aliphatic carboxylic acids is 2. The molecule has 8 nitrogen and oxygen atoms in total. The first-order chi connectivity index (χ1) is 16.2. The number of alkyl carbamates (subject to hydrolysis) is 1. The number of carbonyl (C=O) groups is 3. The van der Waals surface area contributed by atoms with Gasteiger partial charge in [0, 0.05) is 12.3 Å². The summed E-state index contributed by atoms with van der Waals surface area (Å²) in [6.07, 6.45) is -5.56. The third-order valence-corrected chi connectivity index (χ3v) is 5.25. The molecule has 0 saturated heterocycles. The van der Waals surface area contributed by atoms with Gasteiger partial charge in [-0.2, -0.15) is 13.2 Å². The Morgan fingerprint density at radius 3 is 1.89 bits per heavy atom. The minimum absolute atomic E-state index is 0.0485. The normalized spacial score (nSPS) is 13.5. The molecule has 1 aliphatic rings. The molecule has 0 aliphatic heterocycles. The van der Waals surface area contributed by atoms with Crippen LogP contribution < -0.4 is 10.4 Å². The van der Waals surface area contributed by atoms with Gasteiger partial charge in [0.05, 0.1) is 27.7 Å². The number of benzene rings is 2. The molecular weight excluding hydrogens is 469 g/mol. The average molecular weight is 496 g/mol. The number of carboxylic acid groups (broad SMARTS) is 2. The number of carboxylic acids is 2. The van der Waals surface area contributed by atoms with E-state index in [0.717, 1.165) is 22.3 Å². The second kappa shape index (κ2) is 11.2. The molecule has 0 aromatic heterocycles. The molecule has 0 spiro atoms. The first-order valence-electron chi connectivity index (χ1n) is 10.6. The van der Waals surface area contributed by atoms with Crippen LogP contribution in [0, 0.1) is 0 Å². The summed E-state index contributed by atoms with van der Waals surface area (Å²) in [5.74, 6) is -4.11. The van der Waals surface area contributed by atoms with Crippen LogP contribution in [0.4, 0.5) is 18.0 Å². The minimum Gasteiger partial charge on any atom is -0.542 e. The van der Waals surface area contributed by atoms with Crippen molar-refractivity contribution in [3.63, 3.8) is 0 Å². The Bertz CT molecular complexity index is 1020. The summed E-state index contributed by atoms with van der Waals surface area (Å²) in [5, 5.41) is 20.7. The van der Waals surface area contributed by atoms with E-state index in [-0.39, 0.29) is 12.5 Å². The van der Waals surface area contributed by atoms with Gasteiger partial charge in [0.1, 0.15) is 18.6 Å². The summed E-state index contributed by atoms with van der Waals surface area (Å²) >= 11 is 0. The van der Waals surface area contributed by atoms with Gasteiger partial charge in [-0.3, -0.25) is 0 Å². The molecule has 1 atom stereocenters. The molecule has 0 heterocycles. The Morgan fingerprint density at radius 2 is 1.49 bits per heavy atom. The lowest BCUT2D eigenvalue weighted by molar-refractivity contribution is -0.870. The van der Waals surface area contributed by atoms with E-state index in [1.54, 1.807) is 0 Å². The predicted molar refractivity (Wildman–Crippen MR) is 118 cm³/mol. The third-order valence-electron chi connectivity index (χ3n) is 5.25. The van der Waals surface area contributed by atoms with Gasteiger partial charge >= 0.3 is 18.2 Å². The summed E-state index contributed by atoms with van der Waals surface area (Å²) in [6.45, 7) is 0.794. The maximum Gasteiger partial charge on any atom is 0.430 e. The number of nitrogens with zero attached hydrogens (tertiary/aromatic N) is 1. The number of hydrogen-bond donors (Lipinski definition) is 2. The molecule has 35 heavy (non-hydrogen) atoms. The van der Waals surface area contributed by atoms with E-state index in [1.165, 1.54) is 0 Å². The van der Waals surface area contributed by atoms with Gasteiger partial charge in [0.25, 0.3) is 0 Å². The van der Waals surface area contributed by atoms with Gasteiger partial charge in [0.15, 0.2) is 0 Å². The minimum atomic E-state index is -5.19. The van der Waals surface area contributed by atoms with Crippen molar-refractivity contribution in [2.45, 2.75) is 24.6 Å². The van der Waals surface area contributed by atoms with Crippen molar-refractivity contribution in [2.24, 2.45) is 0 Å². The SMILES string of the molecule is C[N+](C)(C)CC[C@@H](NC(=O)OCC1c2ccccc2-c2ccccc21)C(=O)O.O=C([O-])C(F)(F)F. The molecule has 2 aromatic carbocycles. The van der Waals surface area contributed by atoms with Crippen LogP contribution in [0.15, 0.2) is 48.5 Å². The fourth-order valence-corrected chi connectivity index (χ4v) is 3.56. The number of nitrogens with one attached hydrogen (secondary N) is 1. The molecule has 0 radical (unpaired) electrons. The lowest BCUT2D eigenvalue weighted by Gasteiger charge is -2.25. The average Bonchev–Trinajstić information content (AvgIpc) is 3.08. The van der Waals surface area contributed by atoms with Crippen molar-refractivity contribution in [3.05, 3.63) is 59.7 Å². The zero-order chi connectivity index (χ0) is 26.4. The largest absolute Gasteiger partial charge is 0.542 e. The Morgan fingerprint density at radius 1 is 1.03 bits per heavy atom. The number of hydrogen-bond acceptors (Lipinski definition) is 5. The predicted octanol–water partition coefficient (Wildman–Crippen LogP) is 2.37. The number of carbonyl (C=O) groups excluding carboxylic acids is 2. The number of amides is 1. The highest BCUT2D eigenvalue weighted by Gasteiger charge is 2.30. The van der Waals surface area contributed by atoms with Crippen LogP contribution in [0.5, 0.6) is 0 Å². The van der Waals surface area contributed by atoms with Gasteiger partial charge < -0.3 is 29.5 Å². The fraction of sp³-hybridized carbons (Fsp3) is 0.375. The zero-order valence-electron chi connectivity index (χ0n) is 19.5. The molecule has 0 saturated carbocycles. The van der Waals surface area contributed by atoms with Gasteiger partial charge in [-0.05, 0) is 22.3 Å². The summed E-state index contributed by atoms with van der Waals surface area (Å²) in [7, 11) is 5.94. The van der Waals surface area contributed by atoms with Gasteiger partial charge in [0.2, 0.25) is 0 Å². The van der Waals surface area contributed by atoms with E-state index in [2.05, 4.69) is 17.4 Å². The Balaban J connectivity index is 0.000000540. The van der Waals surface area contributed by atoms with Crippen LogP contribution in [0.1, 0.15) is 23.5 Å². The number of alkyl halides is 3. The number of quaternary nitrogens is 1. The van der Waals surface area contributed by atoms with E-state index in [1.807, 2.05) is 57.5 Å². The molecule has 2 N–H and O–H groups in total. The van der Waals surface area contributed by atoms with Crippen molar-refractivity contribution < 1.29 is 47.0 Å². The highest BCUT2D eigenvalue weighted by Crippen LogP contribution is 2.44. The van der Waals surface area contributed by atoms with Crippen molar-refractivity contribution in [1.29, 1.82) is 0 Å².